The van der Waals surface area contributed by atoms with Gasteiger partial charge < -0.3 is 20.0 Å². The van der Waals surface area contributed by atoms with Crippen LogP contribution in [0.5, 0.6) is 0 Å². The number of aliphatic carboxylic acids is 1. The van der Waals surface area contributed by atoms with Crippen molar-refractivity contribution in [2.24, 2.45) is 0 Å². The van der Waals surface area contributed by atoms with Gasteiger partial charge in [-0.1, -0.05) is 6.92 Å². The van der Waals surface area contributed by atoms with Gasteiger partial charge in [0, 0.05) is 25.5 Å². The van der Waals surface area contributed by atoms with Crippen LogP contribution in [0.4, 0.5) is 0 Å². The summed E-state index contributed by atoms with van der Waals surface area (Å²) in [6.45, 7) is 3.56. The van der Waals surface area contributed by atoms with Gasteiger partial charge in [0.25, 0.3) is 0 Å². The zero-order valence-corrected chi connectivity index (χ0v) is 8.38. The maximum atomic E-state index is 10.9. The molecule has 0 aliphatic rings. The van der Waals surface area contributed by atoms with E-state index < -0.39 is 5.97 Å². The van der Waals surface area contributed by atoms with Crippen molar-refractivity contribution in [1.82, 2.24) is 5.32 Å². The van der Waals surface area contributed by atoms with Crippen molar-refractivity contribution < 1.29 is 19.4 Å². The first-order valence-electron chi connectivity index (χ1n) is 4.71. The highest BCUT2D eigenvalue weighted by Crippen LogP contribution is 1.86. The summed E-state index contributed by atoms with van der Waals surface area (Å²) >= 11 is 0. The lowest BCUT2D eigenvalue weighted by molar-refractivity contribution is -0.305. The van der Waals surface area contributed by atoms with Gasteiger partial charge in [-0.2, -0.15) is 0 Å². The van der Waals surface area contributed by atoms with Crippen LogP contribution in [0.25, 0.3) is 0 Å². The summed E-state index contributed by atoms with van der Waals surface area (Å²) in [7, 11) is 0. The molecule has 0 aliphatic carbocycles. The topological polar surface area (TPSA) is 78.5 Å². The molecule has 0 heterocycles. The molecule has 0 aromatic carbocycles. The standard InChI is InChI=1S/C9H17NO4/c1-2-6-14-7-5-10-8(11)3-4-9(12)13/h2-7H2,1H3,(H,10,11)(H,12,13)/p-1. The molecule has 0 bridgehead atoms. The van der Waals surface area contributed by atoms with E-state index in [4.69, 9.17) is 4.74 Å². The van der Waals surface area contributed by atoms with Gasteiger partial charge in [-0.15, -0.1) is 0 Å². The number of amides is 1. The number of hydrogen-bond donors (Lipinski definition) is 1. The molecule has 82 valence electrons. The molecule has 5 nitrogen and oxygen atoms in total. The zero-order chi connectivity index (χ0) is 10.8. The molecule has 0 aromatic heterocycles. The van der Waals surface area contributed by atoms with Crippen molar-refractivity contribution >= 4 is 11.9 Å². The minimum Gasteiger partial charge on any atom is -0.550 e. The second kappa shape index (κ2) is 8.50. The molecule has 1 amide bonds. The van der Waals surface area contributed by atoms with E-state index in [0.29, 0.717) is 19.8 Å². The van der Waals surface area contributed by atoms with Gasteiger partial charge in [-0.05, 0) is 12.8 Å². The van der Waals surface area contributed by atoms with Crippen LogP contribution in [0.2, 0.25) is 0 Å². The van der Waals surface area contributed by atoms with Gasteiger partial charge in [0.1, 0.15) is 0 Å². The number of rotatable bonds is 8. The first-order valence-corrected chi connectivity index (χ1v) is 4.71. The highest BCUT2D eigenvalue weighted by Gasteiger charge is 1.99. The summed E-state index contributed by atoms with van der Waals surface area (Å²) < 4.78 is 5.12. The molecular weight excluding hydrogens is 186 g/mol. The lowest BCUT2D eigenvalue weighted by Crippen LogP contribution is -2.30. The number of nitrogens with one attached hydrogen (secondary N) is 1. The number of ether oxygens (including phenoxy) is 1. The number of carboxylic acids is 1. The van der Waals surface area contributed by atoms with Crippen LogP contribution in [-0.4, -0.2) is 31.6 Å². The maximum Gasteiger partial charge on any atom is 0.220 e. The molecule has 0 saturated heterocycles. The van der Waals surface area contributed by atoms with E-state index in [9.17, 15) is 14.7 Å². The van der Waals surface area contributed by atoms with Gasteiger partial charge in [-0.25, -0.2) is 0 Å². The molecule has 0 aromatic rings. The Morgan fingerprint density at radius 1 is 1.29 bits per heavy atom. The molecule has 1 N–H and O–H groups in total. The summed E-state index contributed by atoms with van der Waals surface area (Å²) in [5, 5.41) is 12.5. The van der Waals surface area contributed by atoms with Crippen LogP contribution >= 0.6 is 0 Å². The van der Waals surface area contributed by atoms with Gasteiger partial charge in [0.2, 0.25) is 5.91 Å². The van der Waals surface area contributed by atoms with E-state index in [1.54, 1.807) is 0 Å². The lowest BCUT2D eigenvalue weighted by atomic mass is 10.3. The van der Waals surface area contributed by atoms with E-state index in [1.807, 2.05) is 6.92 Å². The minimum absolute atomic E-state index is 0.0316. The van der Waals surface area contributed by atoms with Crippen LogP contribution in [0.1, 0.15) is 26.2 Å². The summed E-state index contributed by atoms with van der Waals surface area (Å²) in [6, 6.07) is 0. The zero-order valence-electron chi connectivity index (χ0n) is 8.38. The average Bonchev–Trinajstić information content (AvgIpc) is 2.14. The molecule has 0 aliphatic heterocycles. The van der Waals surface area contributed by atoms with Crippen LogP contribution < -0.4 is 10.4 Å². The molecule has 14 heavy (non-hydrogen) atoms. The average molecular weight is 202 g/mol. The Morgan fingerprint density at radius 2 is 2.00 bits per heavy atom. The molecule has 0 unspecified atom stereocenters. The fourth-order valence-electron chi connectivity index (χ4n) is 0.813. The van der Waals surface area contributed by atoms with Crippen molar-refractivity contribution in [3.8, 4) is 0 Å². The number of carbonyl (C=O) groups is 2. The molecule has 5 heteroatoms. The summed E-state index contributed by atoms with van der Waals surface area (Å²) in [4.78, 5) is 20.9. The normalized spacial score (nSPS) is 9.79. The van der Waals surface area contributed by atoms with Crippen molar-refractivity contribution in [3.63, 3.8) is 0 Å². The van der Waals surface area contributed by atoms with Gasteiger partial charge >= 0.3 is 0 Å². The fraction of sp³-hybridized carbons (Fsp3) is 0.778. The Morgan fingerprint density at radius 3 is 2.57 bits per heavy atom. The second-order valence-corrected chi connectivity index (χ2v) is 2.83. The second-order valence-electron chi connectivity index (χ2n) is 2.83. The van der Waals surface area contributed by atoms with E-state index in [1.165, 1.54) is 0 Å². The third kappa shape index (κ3) is 8.99. The van der Waals surface area contributed by atoms with Crippen molar-refractivity contribution in [2.45, 2.75) is 26.2 Å². The predicted molar refractivity (Wildman–Crippen MR) is 48.4 cm³/mol. The van der Waals surface area contributed by atoms with Crippen LogP contribution in [-0.2, 0) is 14.3 Å². The first-order chi connectivity index (χ1) is 6.66. The highest BCUT2D eigenvalue weighted by atomic mass is 16.5. The summed E-state index contributed by atoms with van der Waals surface area (Å²) in [6.07, 6.45) is 0.677. The van der Waals surface area contributed by atoms with E-state index in [-0.39, 0.29) is 18.7 Å². The van der Waals surface area contributed by atoms with Crippen molar-refractivity contribution in [1.29, 1.82) is 0 Å². The van der Waals surface area contributed by atoms with E-state index in [2.05, 4.69) is 5.32 Å². The van der Waals surface area contributed by atoms with Gasteiger partial charge in [0.15, 0.2) is 0 Å². The third-order valence-corrected chi connectivity index (χ3v) is 1.47. The molecule has 0 radical (unpaired) electrons. The largest absolute Gasteiger partial charge is 0.550 e. The highest BCUT2D eigenvalue weighted by molar-refractivity contribution is 5.79. The maximum absolute atomic E-state index is 10.9. The van der Waals surface area contributed by atoms with E-state index >= 15 is 0 Å². The summed E-state index contributed by atoms with van der Waals surface area (Å²) in [5.41, 5.74) is 0. The predicted octanol–water partition coefficient (Wildman–Crippen LogP) is -0.941. The quantitative estimate of drug-likeness (QED) is 0.515. The third-order valence-electron chi connectivity index (χ3n) is 1.47. The number of carboxylic acid groups (broad SMARTS) is 1. The monoisotopic (exact) mass is 202 g/mol. The van der Waals surface area contributed by atoms with Gasteiger partial charge in [0.05, 0.1) is 6.61 Å². The van der Waals surface area contributed by atoms with Crippen molar-refractivity contribution in [2.75, 3.05) is 19.8 Å². The Labute approximate surface area is 83.4 Å². The van der Waals surface area contributed by atoms with Crippen LogP contribution in [0, 0.1) is 0 Å². The van der Waals surface area contributed by atoms with E-state index in [0.717, 1.165) is 6.42 Å². The van der Waals surface area contributed by atoms with Crippen LogP contribution in [0.3, 0.4) is 0 Å². The molecular formula is C9H16NO4-. The van der Waals surface area contributed by atoms with Gasteiger partial charge in [-0.3, -0.25) is 4.79 Å². The number of carbonyl (C=O) groups excluding carboxylic acids is 2. The lowest BCUT2D eigenvalue weighted by Gasteiger charge is -2.05. The molecule has 0 fully saturated rings. The SMILES string of the molecule is CCCOCCNC(=O)CCC(=O)[O-]. The Hall–Kier alpha value is -1.10. The summed E-state index contributed by atoms with van der Waals surface area (Å²) in [5.74, 6) is -1.49. The Kier molecular flexibility index (Phi) is 7.83. The minimum atomic E-state index is -1.21. The fourth-order valence-corrected chi connectivity index (χ4v) is 0.813. The molecule has 0 spiro atoms. The molecule has 0 atom stereocenters. The first kappa shape index (κ1) is 12.9. The molecule has 0 rings (SSSR count). The van der Waals surface area contributed by atoms with Crippen LogP contribution in [0.15, 0.2) is 0 Å². The smallest absolute Gasteiger partial charge is 0.220 e. The number of hydrogen-bond acceptors (Lipinski definition) is 4. The van der Waals surface area contributed by atoms with Crippen molar-refractivity contribution in [3.05, 3.63) is 0 Å². The Bertz CT molecular complexity index is 182. The Balaban J connectivity index is 3.22. The molecule has 0 saturated carbocycles.